The number of nitrogens with zero attached hydrogens (tertiary/aromatic N) is 1. The van der Waals surface area contributed by atoms with Gasteiger partial charge < -0.3 is 5.73 Å². The van der Waals surface area contributed by atoms with Crippen molar-refractivity contribution in [2.45, 2.75) is 0 Å². The second kappa shape index (κ2) is 6.99. The SMILES string of the molecule is Nc1ccc(Cl)cc1/C(=N/Nc1ccccc1)c1ccccc1. The monoisotopic (exact) mass is 321 g/mol. The fraction of sp³-hybridized carbons (Fsp3) is 0. The van der Waals surface area contributed by atoms with Gasteiger partial charge in [0.15, 0.2) is 0 Å². The van der Waals surface area contributed by atoms with Crippen molar-refractivity contribution in [2.75, 3.05) is 11.2 Å². The Kier molecular flexibility index (Phi) is 4.60. The zero-order chi connectivity index (χ0) is 16.1. The zero-order valence-corrected chi connectivity index (χ0v) is 13.2. The first-order valence-electron chi connectivity index (χ1n) is 7.23. The average Bonchev–Trinajstić information content (AvgIpc) is 2.60. The number of rotatable bonds is 4. The van der Waals surface area contributed by atoms with Crippen LogP contribution in [0.25, 0.3) is 0 Å². The summed E-state index contributed by atoms with van der Waals surface area (Å²) in [6, 6.07) is 25.0. The molecule has 0 radical (unpaired) electrons. The summed E-state index contributed by atoms with van der Waals surface area (Å²) in [5.74, 6) is 0. The average molecular weight is 322 g/mol. The molecule has 3 aromatic carbocycles. The molecule has 0 bridgehead atoms. The standard InChI is InChI=1S/C19H16ClN3/c20-15-11-12-18(21)17(13-15)19(14-7-3-1-4-8-14)23-22-16-9-5-2-6-10-16/h1-13,22H,21H2/b23-19+. The number of nitrogen functional groups attached to an aromatic ring is 1. The number of hydrazone groups is 1. The number of para-hydroxylation sites is 1. The highest BCUT2D eigenvalue weighted by molar-refractivity contribution is 6.31. The molecule has 0 unspecified atom stereocenters. The molecule has 0 aromatic heterocycles. The molecule has 0 aliphatic heterocycles. The van der Waals surface area contributed by atoms with E-state index in [0.29, 0.717) is 10.7 Å². The van der Waals surface area contributed by atoms with E-state index in [4.69, 9.17) is 17.3 Å². The first kappa shape index (κ1) is 15.1. The maximum atomic E-state index is 6.13. The molecule has 3 aromatic rings. The van der Waals surface area contributed by atoms with Gasteiger partial charge in [0.2, 0.25) is 0 Å². The van der Waals surface area contributed by atoms with Gasteiger partial charge in [0, 0.05) is 21.8 Å². The van der Waals surface area contributed by atoms with Crippen LogP contribution in [0.4, 0.5) is 11.4 Å². The van der Waals surface area contributed by atoms with Crippen LogP contribution < -0.4 is 11.2 Å². The van der Waals surface area contributed by atoms with Crippen LogP contribution in [0.3, 0.4) is 0 Å². The Morgan fingerprint density at radius 3 is 2.22 bits per heavy atom. The Bertz CT molecular complexity index is 815. The van der Waals surface area contributed by atoms with Gasteiger partial charge in [0.05, 0.1) is 11.4 Å². The van der Waals surface area contributed by atoms with Gasteiger partial charge in [0.25, 0.3) is 0 Å². The van der Waals surface area contributed by atoms with E-state index in [-0.39, 0.29) is 0 Å². The molecule has 3 rings (SSSR count). The van der Waals surface area contributed by atoms with Gasteiger partial charge in [-0.25, -0.2) is 0 Å². The lowest BCUT2D eigenvalue weighted by Gasteiger charge is -2.11. The lowest BCUT2D eigenvalue weighted by atomic mass is 10.0. The second-order valence-corrected chi connectivity index (χ2v) is 5.47. The maximum Gasteiger partial charge on any atom is 0.0999 e. The minimum absolute atomic E-state index is 0.623. The van der Waals surface area contributed by atoms with E-state index in [1.54, 1.807) is 12.1 Å². The Labute approximate surface area is 140 Å². The van der Waals surface area contributed by atoms with Crippen molar-refractivity contribution in [3.05, 3.63) is 95.0 Å². The van der Waals surface area contributed by atoms with Crippen molar-refractivity contribution < 1.29 is 0 Å². The van der Waals surface area contributed by atoms with E-state index in [1.165, 1.54) is 0 Å². The van der Waals surface area contributed by atoms with Crippen molar-refractivity contribution in [3.8, 4) is 0 Å². The predicted octanol–water partition coefficient (Wildman–Crippen LogP) is 4.79. The molecule has 0 atom stereocenters. The summed E-state index contributed by atoms with van der Waals surface area (Å²) < 4.78 is 0. The van der Waals surface area contributed by atoms with Gasteiger partial charge in [-0.05, 0) is 30.3 Å². The molecule has 3 N–H and O–H groups in total. The summed E-state index contributed by atoms with van der Waals surface area (Å²) >= 11 is 6.13. The summed E-state index contributed by atoms with van der Waals surface area (Å²) in [6.07, 6.45) is 0. The summed E-state index contributed by atoms with van der Waals surface area (Å²) in [4.78, 5) is 0. The minimum atomic E-state index is 0.623. The Hall–Kier alpha value is -2.78. The number of nitrogens with two attached hydrogens (primary N) is 1. The van der Waals surface area contributed by atoms with Crippen molar-refractivity contribution in [1.82, 2.24) is 0 Å². The molecule has 0 aliphatic rings. The third kappa shape index (κ3) is 3.71. The lowest BCUT2D eigenvalue weighted by molar-refractivity contribution is 1.32. The Balaban J connectivity index is 2.05. The number of benzene rings is 3. The molecular formula is C19H16ClN3. The number of anilines is 2. The molecule has 0 saturated heterocycles. The molecule has 0 fully saturated rings. The smallest absolute Gasteiger partial charge is 0.0999 e. The van der Waals surface area contributed by atoms with Crippen LogP contribution in [0, 0.1) is 0 Å². The van der Waals surface area contributed by atoms with Crippen molar-refractivity contribution in [3.63, 3.8) is 0 Å². The number of hydrogen-bond acceptors (Lipinski definition) is 3. The number of halogens is 1. The Morgan fingerprint density at radius 2 is 1.52 bits per heavy atom. The van der Waals surface area contributed by atoms with E-state index in [1.807, 2.05) is 66.7 Å². The molecule has 0 aliphatic carbocycles. The molecule has 3 nitrogen and oxygen atoms in total. The van der Waals surface area contributed by atoms with Crippen LogP contribution in [-0.2, 0) is 0 Å². The van der Waals surface area contributed by atoms with E-state index in [9.17, 15) is 0 Å². The van der Waals surface area contributed by atoms with Crippen LogP contribution in [0.5, 0.6) is 0 Å². The van der Waals surface area contributed by atoms with Crippen LogP contribution >= 0.6 is 11.6 Å². The van der Waals surface area contributed by atoms with Crippen LogP contribution in [-0.4, -0.2) is 5.71 Å². The summed E-state index contributed by atoms with van der Waals surface area (Å²) in [5, 5.41) is 5.19. The third-order valence-corrected chi connectivity index (χ3v) is 3.62. The number of nitrogens with one attached hydrogen (secondary N) is 1. The topological polar surface area (TPSA) is 50.4 Å². The van der Waals surface area contributed by atoms with E-state index < -0.39 is 0 Å². The van der Waals surface area contributed by atoms with Crippen LogP contribution in [0.1, 0.15) is 11.1 Å². The summed E-state index contributed by atoms with van der Waals surface area (Å²) in [7, 11) is 0. The van der Waals surface area contributed by atoms with Gasteiger partial charge in [-0.1, -0.05) is 60.1 Å². The first-order valence-corrected chi connectivity index (χ1v) is 7.61. The maximum absolute atomic E-state index is 6.13. The van der Waals surface area contributed by atoms with Crippen molar-refractivity contribution >= 4 is 28.7 Å². The van der Waals surface area contributed by atoms with Gasteiger partial charge in [-0.15, -0.1) is 0 Å². The molecule has 0 saturated carbocycles. The van der Waals surface area contributed by atoms with Gasteiger partial charge in [-0.3, -0.25) is 5.43 Å². The third-order valence-electron chi connectivity index (χ3n) is 3.39. The summed E-state index contributed by atoms with van der Waals surface area (Å²) in [6.45, 7) is 0. The molecule has 114 valence electrons. The van der Waals surface area contributed by atoms with Crippen molar-refractivity contribution in [2.24, 2.45) is 5.10 Å². The normalized spacial score (nSPS) is 11.3. The van der Waals surface area contributed by atoms with E-state index in [2.05, 4.69) is 10.5 Å². The van der Waals surface area contributed by atoms with Crippen LogP contribution in [0.15, 0.2) is 84.0 Å². The fourth-order valence-electron chi connectivity index (χ4n) is 2.24. The number of hydrogen-bond donors (Lipinski definition) is 2. The first-order chi connectivity index (χ1) is 11.2. The van der Waals surface area contributed by atoms with Gasteiger partial charge in [0.1, 0.15) is 0 Å². The van der Waals surface area contributed by atoms with Gasteiger partial charge in [-0.2, -0.15) is 5.10 Å². The largest absolute Gasteiger partial charge is 0.398 e. The quantitative estimate of drug-likeness (QED) is 0.412. The Morgan fingerprint density at radius 1 is 0.870 bits per heavy atom. The highest BCUT2D eigenvalue weighted by atomic mass is 35.5. The molecule has 0 heterocycles. The highest BCUT2D eigenvalue weighted by Crippen LogP contribution is 2.22. The molecular weight excluding hydrogens is 306 g/mol. The molecule has 4 heteroatoms. The molecule has 0 spiro atoms. The highest BCUT2D eigenvalue weighted by Gasteiger charge is 2.11. The van der Waals surface area contributed by atoms with Crippen molar-refractivity contribution in [1.29, 1.82) is 0 Å². The lowest BCUT2D eigenvalue weighted by Crippen LogP contribution is -2.09. The predicted molar refractivity (Wildman–Crippen MR) is 98.0 cm³/mol. The van der Waals surface area contributed by atoms with E-state index >= 15 is 0 Å². The van der Waals surface area contributed by atoms with Gasteiger partial charge >= 0.3 is 0 Å². The minimum Gasteiger partial charge on any atom is -0.398 e. The molecule has 23 heavy (non-hydrogen) atoms. The molecule has 0 amide bonds. The second-order valence-electron chi connectivity index (χ2n) is 5.04. The van der Waals surface area contributed by atoms with E-state index in [0.717, 1.165) is 22.5 Å². The fourth-order valence-corrected chi connectivity index (χ4v) is 2.42. The zero-order valence-electron chi connectivity index (χ0n) is 12.4. The summed E-state index contributed by atoms with van der Waals surface area (Å²) in [5.41, 5.74) is 13.2. The van der Waals surface area contributed by atoms with Crippen LogP contribution in [0.2, 0.25) is 5.02 Å².